The van der Waals surface area contributed by atoms with Crippen LogP contribution in [0.1, 0.15) is 15.4 Å². The number of hydrogen-bond donors (Lipinski definition) is 1. The highest BCUT2D eigenvalue weighted by Crippen LogP contribution is 2.38. The molecule has 0 radical (unpaired) electrons. The average Bonchev–Trinajstić information content (AvgIpc) is 3.30. The minimum absolute atomic E-state index is 0.0213. The van der Waals surface area contributed by atoms with Crippen molar-refractivity contribution in [1.29, 1.82) is 0 Å². The number of amides is 1. The molecule has 0 fully saturated rings. The standard InChI is InChI=1S/C24H20FN3O3S2/c1-28(20-11-3-2-4-12-20)33(30,31)23-21(17-8-7-9-18(25)14-17)16-32-22(23)24(29)27-15-19-10-5-6-13-26-19/h2-14,16H,15H2,1H3,(H,27,29). The number of rotatable bonds is 7. The predicted octanol–water partition coefficient (Wildman–Crippen LogP) is 4.70. The zero-order chi connectivity index (χ0) is 23.4. The molecule has 0 aliphatic rings. The summed E-state index contributed by atoms with van der Waals surface area (Å²) in [7, 11) is -2.73. The van der Waals surface area contributed by atoms with Crippen LogP contribution in [0.2, 0.25) is 0 Å². The van der Waals surface area contributed by atoms with Crippen LogP contribution in [-0.2, 0) is 16.6 Å². The number of halogens is 1. The molecular weight excluding hydrogens is 461 g/mol. The summed E-state index contributed by atoms with van der Waals surface area (Å²) in [6.45, 7) is 0.140. The fourth-order valence-electron chi connectivity index (χ4n) is 3.28. The van der Waals surface area contributed by atoms with E-state index in [1.807, 2.05) is 0 Å². The number of pyridine rings is 1. The third-order valence-corrected chi connectivity index (χ3v) is 7.96. The van der Waals surface area contributed by atoms with Gasteiger partial charge in [0.25, 0.3) is 15.9 Å². The number of thiophene rings is 1. The third kappa shape index (κ3) is 4.79. The molecular formula is C24H20FN3O3S2. The first-order valence-electron chi connectivity index (χ1n) is 9.97. The van der Waals surface area contributed by atoms with Gasteiger partial charge in [-0.05, 0) is 42.0 Å². The fraction of sp³-hybridized carbons (Fsp3) is 0.0833. The van der Waals surface area contributed by atoms with Crippen molar-refractivity contribution in [3.05, 3.63) is 101 Å². The SMILES string of the molecule is CN(c1ccccc1)S(=O)(=O)c1c(-c2cccc(F)c2)csc1C(=O)NCc1ccccn1. The van der Waals surface area contributed by atoms with Crippen molar-refractivity contribution in [3.63, 3.8) is 0 Å². The monoisotopic (exact) mass is 481 g/mol. The first-order valence-corrected chi connectivity index (χ1v) is 12.3. The molecule has 0 saturated carbocycles. The van der Waals surface area contributed by atoms with Crippen molar-refractivity contribution in [2.24, 2.45) is 0 Å². The van der Waals surface area contributed by atoms with E-state index in [4.69, 9.17) is 0 Å². The lowest BCUT2D eigenvalue weighted by atomic mass is 10.1. The van der Waals surface area contributed by atoms with Crippen molar-refractivity contribution in [2.45, 2.75) is 11.4 Å². The van der Waals surface area contributed by atoms with Gasteiger partial charge in [0.2, 0.25) is 0 Å². The van der Waals surface area contributed by atoms with E-state index in [0.717, 1.165) is 15.6 Å². The maximum absolute atomic E-state index is 13.9. The van der Waals surface area contributed by atoms with Gasteiger partial charge in [-0.15, -0.1) is 11.3 Å². The van der Waals surface area contributed by atoms with Gasteiger partial charge in [-0.25, -0.2) is 12.8 Å². The normalized spacial score (nSPS) is 11.2. The molecule has 0 atom stereocenters. The number of benzene rings is 2. The van der Waals surface area contributed by atoms with Crippen LogP contribution in [0.3, 0.4) is 0 Å². The van der Waals surface area contributed by atoms with Gasteiger partial charge >= 0.3 is 0 Å². The van der Waals surface area contributed by atoms with E-state index in [-0.39, 0.29) is 21.9 Å². The Kier molecular flexibility index (Phi) is 6.52. The molecule has 4 rings (SSSR count). The van der Waals surface area contributed by atoms with Crippen LogP contribution in [0, 0.1) is 5.82 Å². The van der Waals surface area contributed by atoms with E-state index < -0.39 is 21.7 Å². The molecule has 0 aliphatic carbocycles. The molecule has 0 unspecified atom stereocenters. The third-order valence-electron chi connectivity index (χ3n) is 4.98. The number of para-hydroxylation sites is 1. The molecule has 6 nitrogen and oxygen atoms in total. The van der Waals surface area contributed by atoms with Gasteiger partial charge in [0.15, 0.2) is 0 Å². The molecule has 9 heteroatoms. The van der Waals surface area contributed by atoms with Gasteiger partial charge in [-0.1, -0.05) is 36.4 Å². The molecule has 0 saturated heterocycles. The number of anilines is 1. The summed E-state index contributed by atoms with van der Waals surface area (Å²) < 4.78 is 42.5. The lowest BCUT2D eigenvalue weighted by Crippen LogP contribution is -2.30. The van der Waals surface area contributed by atoms with Crippen molar-refractivity contribution >= 4 is 33.0 Å². The summed E-state index contributed by atoms with van der Waals surface area (Å²) in [5, 5.41) is 4.30. The second-order valence-electron chi connectivity index (χ2n) is 7.13. The molecule has 1 amide bonds. The van der Waals surface area contributed by atoms with Gasteiger partial charge in [0, 0.05) is 24.2 Å². The summed E-state index contributed by atoms with van der Waals surface area (Å²) in [6, 6.07) is 19.5. The van der Waals surface area contributed by atoms with Crippen LogP contribution in [-0.4, -0.2) is 26.4 Å². The molecule has 2 aromatic heterocycles. The Morgan fingerprint density at radius 3 is 2.52 bits per heavy atom. The largest absolute Gasteiger partial charge is 0.346 e. The summed E-state index contributed by atoms with van der Waals surface area (Å²) in [6.07, 6.45) is 1.61. The van der Waals surface area contributed by atoms with Crippen molar-refractivity contribution in [1.82, 2.24) is 10.3 Å². The maximum Gasteiger partial charge on any atom is 0.266 e. The van der Waals surface area contributed by atoms with Gasteiger partial charge in [0.05, 0.1) is 17.9 Å². The van der Waals surface area contributed by atoms with E-state index in [9.17, 15) is 17.6 Å². The number of carbonyl (C=O) groups is 1. The Balaban J connectivity index is 1.78. The van der Waals surface area contributed by atoms with Crippen LogP contribution in [0.25, 0.3) is 11.1 Å². The van der Waals surface area contributed by atoms with Crippen molar-refractivity contribution < 1.29 is 17.6 Å². The molecule has 33 heavy (non-hydrogen) atoms. The second kappa shape index (κ2) is 9.51. The number of hydrogen-bond acceptors (Lipinski definition) is 5. The quantitative estimate of drug-likeness (QED) is 0.415. The Labute approximate surface area is 195 Å². The number of nitrogens with zero attached hydrogens (tertiary/aromatic N) is 2. The Morgan fingerprint density at radius 1 is 1.06 bits per heavy atom. The molecule has 2 aromatic carbocycles. The van der Waals surface area contributed by atoms with E-state index in [1.54, 1.807) is 66.2 Å². The topological polar surface area (TPSA) is 79.4 Å². The van der Waals surface area contributed by atoms with E-state index >= 15 is 0 Å². The summed E-state index contributed by atoms with van der Waals surface area (Å²) in [5.74, 6) is -1.05. The van der Waals surface area contributed by atoms with Gasteiger partial charge < -0.3 is 5.32 Å². The smallest absolute Gasteiger partial charge is 0.266 e. The highest BCUT2D eigenvalue weighted by molar-refractivity contribution is 7.93. The van der Waals surface area contributed by atoms with Gasteiger partial charge in [0.1, 0.15) is 15.6 Å². The van der Waals surface area contributed by atoms with Crippen LogP contribution in [0.4, 0.5) is 10.1 Å². The fourth-order valence-corrected chi connectivity index (χ4v) is 6.16. The lowest BCUT2D eigenvalue weighted by Gasteiger charge is -2.21. The molecule has 4 aromatic rings. The highest BCUT2D eigenvalue weighted by atomic mass is 32.2. The number of carbonyl (C=O) groups excluding carboxylic acids is 1. The average molecular weight is 482 g/mol. The summed E-state index contributed by atoms with van der Waals surface area (Å²) in [5.41, 5.74) is 1.72. The van der Waals surface area contributed by atoms with E-state index in [2.05, 4.69) is 10.3 Å². The molecule has 168 valence electrons. The Hall–Kier alpha value is -3.56. The second-order valence-corrected chi connectivity index (χ2v) is 9.92. The maximum atomic E-state index is 13.9. The van der Waals surface area contributed by atoms with Crippen molar-refractivity contribution in [3.8, 4) is 11.1 Å². The van der Waals surface area contributed by atoms with E-state index in [1.165, 1.54) is 25.2 Å². The first kappa shape index (κ1) is 22.6. The minimum atomic E-state index is -4.15. The van der Waals surface area contributed by atoms with E-state index in [0.29, 0.717) is 16.9 Å². The molecule has 2 heterocycles. The van der Waals surface area contributed by atoms with Crippen molar-refractivity contribution in [2.75, 3.05) is 11.4 Å². The zero-order valence-electron chi connectivity index (χ0n) is 17.6. The highest BCUT2D eigenvalue weighted by Gasteiger charge is 2.32. The number of nitrogens with one attached hydrogen (secondary N) is 1. The summed E-state index contributed by atoms with van der Waals surface area (Å²) >= 11 is 0.999. The van der Waals surface area contributed by atoms with Crippen LogP contribution >= 0.6 is 11.3 Å². The van der Waals surface area contributed by atoms with Gasteiger partial charge in [-0.2, -0.15) is 0 Å². The minimum Gasteiger partial charge on any atom is -0.346 e. The van der Waals surface area contributed by atoms with Crippen LogP contribution in [0.5, 0.6) is 0 Å². The molecule has 1 N–H and O–H groups in total. The Morgan fingerprint density at radius 2 is 1.82 bits per heavy atom. The number of sulfonamides is 1. The summed E-state index contributed by atoms with van der Waals surface area (Å²) in [4.78, 5) is 17.1. The van der Waals surface area contributed by atoms with Gasteiger partial charge in [-0.3, -0.25) is 14.1 Å². The Bertz CT molecular complexity index is 1370. The molecule has 0 bridgehead atoms. The zero-order valence-corrected chi connectivity index (χ0v) is 19.2. The first-order chi connectivity index (χ1) is 15.9. The molecule has 0 aliphatic heterocycles. The van der Waals surface area contributed by atoms with Crippen LogP contribution < -0.4 is 9.62 Å². The predicted molar refractivity (Wildman–Crippen MR) is 127 cm³/mol. The lowest BCUT2D eigenvalue weighted by molar-refractivity contribution is 0.0951. The molecule has 0 spiro atoms. The van der Waals surface area contributed by atoms with Crippen LogP contribution in [0.15, 0.2) is 89.3 Å². The number of aromatic nitrogens is 1.